The second-order valence-electron chi connectivity index (χ2n) is 4.13. The summed E-state index contributed by atoms with van der Waals surface area (Å²) in [5.74, 6) is -1.62. The van der Waals surface area contributed by atoms with Crippen LogP contribution in [0.5, 0.6) is 0 Å². The smallest absolute Gasteiger partial charge is 0.548 e. The minimum Gasteiger partial charge on any atom is -0.548 e. The molecular weight excluding hydrogens is 295 g/mol. The van der Waals surface area contributed by atoms with Crippen LogP contribution in [0.3, 0.4) is 0 Å². The second-order valence-corrected chi connectivity index (χ2v) is 5.95. The summed E-state index contributed by atoms with van der Waals surface area (Å²) in [5.41, 5.74) is 0.848. The molecule has 7 nitrogen and oxygen atoms in total. The first-order chi connectivity index (χ1) is 8.84. The van der Waals surface area contributed by atoms with Gasteiger partial charge in [0.25, 0.3) is 10.0 Å². The predicted octanol–water partition coefficient (Wildman–Crippen LogP) is -4.17. The number of aryl methyl sites for hydroxylation is 1. The van der Waals surface area contributed by atoms with Crippen LogP contribution in [0.2, 0.25) is 0 Å². The average molecular weight is 306 g/mol. The van der Waals surface area contributed by atoms with E-state index >= 15 is 0 Å². The van der Waals surface area contributed by atoms with Gasteiger partial charge in [0.15, 0.2) is 0 Å². The van der Waals surface area contributed by atoms with Crippen LogP contribution in [0.25, 0.3) is 0 Å². The van der Waals surface area contributed by atoms with E-state index in [2.05, 4.69) is 5.32 Å². The van der Waals surface area contributed by atoms with E-state index in [-0.39, 0.29) is 41.0 Å². The molecular formula is C11H11N2NaO5S. The SMILES string of the molecule is Cc1ccc(S(=O)(=O)N2C(=O)NC[C@H]2C(=O)[O-])cc1.[Na+]. The van der Waals surface area contributed by atoms with Gasteiger partial charge in [-0.15, -0.1) is 0 Å². The molecule has 1 N–H and O–H groups in total. The van der Waals surface area contributed by atoms with Crippen LogP contribution in [0, 0.1) is 6.92 Å². The molecule has 1 aliphatic rings. The number of sulfonamides is 1. The van der Waals surface area contributed by atoms with E-state index in [1.54, 1.807) is 19.1 Å². The van der Waals surface area contributed by atoms with Crippen LogP contribution in [-0.2, 0) is 14.8 Å². The van der Waals surface area contributed by atoms with Crippen molar-refractivity contribution >= 4 is 22.0 Å². The maximum atomic E-state index is 12.2. The van der Waals surface area contributed by atoms with E-state index in [0.717, 1.165) is 5.56 Å². The Bertz CT molecular complexity index is 629. The number of amides is 2. The standard InChI is InChI=1S/C11H12N2O5S.Na/c1-7-2-4-8(5-3-7)19(17,18)13-9(10(14)15)6-12-11(13)16;/h2-5,9H,6H2,1H3,(H,12,16)(H,14,15);/q;+1/p-1/t9-;/m0./s1. The van der Waals surface area contributed by atoms with Crippen molar-refractivity contribution in [3.8, 4) is 0 Å². The molecule has 1 atom stereocenters. The van der Waals surface area contributed by atoms with Gasteiger partial charge in [0.1, 0.15) is 6.04 Å². The molecule has 2 amide bonds. The van der Waals surface area contributed by atoms with E-state index < -0.39 is 28.1 Å². The number of rotatable bonds is 3. The summed E-state index contributed by atoms with van der Waals surface area (Å²) in [7, 11) is -4.20. The number of carboxylic acids is 1. The first-order valence-corrected chi connectivity index (χ1v) is 6.88. The van der Waals surface area contributed by atoms with E-state index in [4.69, 9.17) is 0 Å². The van der Waals surface area contributed by atoms with Crippen molar-refractivity contribution in [3.63, 3.8) is 0 Å². The molecule has 1 heterocycles. The van der Waals surface area contributed by atoms with E-state index in [0.29, 0.717) is 4.31 Å². The number of aliphatic carboxylic acids is 1. The zero-order chi connectivity index (χ0) is 14.2. The first kappa shape index (κ1) is 17.0. The summed E-state index contributed by atoms with van der Waals surface area (Å²) in [6.45, 7) is 1.48. The Hall–Kier alpha value is -1.09. The fourth-order valence-electron chi connectivity index (χ4n) is 1.77. The van der Waals surface area contributed by atoms with Gasteiger partial charge in [-0.25, -0.2) is 17.5 Å². The summed E-state index contributed by atoms with van der Waals surface area (Å²) in [5, 5.41) is 13.1. The Balaban J connectivity index is 0.00000200. The van der Waals surface area contributed by atoms with Gasteiger partial charge in [0.05, 0.1) is 10.9 Å². The zero-order valence-corrected chi connectivity index (χ0v) is 13.8. The Labute approximate surface area is 138 Å². The third-order valence-electron chi connectivity index (χ3n) is 2.78. The first-order valence-electron chi connectivity index (χ1n) is 5.44. The number of benzene rings is 1. The average Bonchev–Trinajstić information content (AvgIpc) is 2.72. The number of hydrogen-bond acceptors (Lipinski definition) is 5. The Kier molecular flexibility index (Phi) is 5.20. The van der Waals surface area contributed by atoms with Gasteiger partial charge in [-0.05, 0) is 19.1 Å². The maximum absolute atomic E-state index is 12.2. The molecule has 0 aromatic heterocycles. The van der Waals surface area contributed by atoms with E-state index in [1.807, 2.05) is 0 Å². The van der Waals surface area contributed by atoms with Crippen LogP contribution in [0.15, 0.2) is 29.2 Å². The molecule has 1 fully saturated rings. The van der Waals surface area contributed by atoms with E-state index in [9.17, 15) is 23.1 Å². The number of nitrogens with one attached hydrogen (secondary N) is 1. The van der Waals surface area contributed by atoms with E-state index in [1.165, 1.54) is 12.1 Å². The molecule has 1 saturated heterocycles. The molecule has 1 aromatic carbocycles. The third-order valence-corrected chi connectivity index (χ3v) is 4.59. The van der Waals surface area contributed by atoms with Crippen LogP contribution in [-0.4, -0.2) is 37.3 Å². The van der Waals surface area contributed by atoms with Crippen LogP contribution < -0.4 is 40.0 Å². The van der Waals surface area contributed by atoms with Crippen molar-refractivity contribution < 1.29 is 52.7 Å². The van der Waals surface area contributed by atoms with Gasteiger partial charge < -0.3 is 15.2 Å². The minimum atomic E-state index is -4.20. The summed E-state index contributed by atoms with van der Waals surface area (Å²) in [6.07, 6.45) is 0. The van der Waals surface area contributed by atoms with Gasteiger partial charge in [0.2, 0.25) is 0 Å². The number of carboxylic acid groups (broad SMARTS) is 1. The molecule has 20 heavy (non-hydrogen) atoms. The van der Waals surface area contributed by atoms with Crippen LogP contribution in [0.1, 0.15) is 5.56 Å². The van der Waals surface area contributed by atoms with Crippen molar-refractivity contribution in [2.75, 3.05) is 6.54 Å². The summed E-state index contributed by atoms with van der Waals surface area (Å²) in [4.78, 5) is 22.3. The van der Waals surface area contributed by atoms with Crippen molar-refractivity contribution in [3.05, 3.63) is 29.8 Å². The number of nitrogens with zero attached hydrogens (tertiary/aromatic N) is 1. The van der Waals surface area contributed by atoms with Crippen molar-refractivity contribution in [2.24, 2.45) is 0 Å². The predicted molar refractivity (Wildman–Crippen MR) is 62.4 cm³/mol. The Morgan fingerprint density at radius 1 is 1.35 bits per heavy atom. The molecule has 0 saturated carbocycles. The quantitative estimate of drug-likeness (QED) is 0.570. The summed E-state index contributed by atoms with van der Waals surface area (Å²) < 4.78 is 24.8. The number of carbonyl (C=O) groups is 2. The van der Waals surface area contributed by atoms with Gasteiger partial charge in [-0.3, -0.25) is 0 Å². The third kappa shape index (κ3) is 2.98. The Morgan fingerprint density at radius 3 is 2.40 bits per heavy atom. The zero-order valence-electron chi connectivity index (χ0n) is 11.0. The maximum Gasteiger partial charge on any atom is 1.00 e. The number of hydrogen-bond donors (Lipinski definition) is 1. The van der Waals surface area contributed by atoms with Gasteiger partial charge in [0, 0.05) is 6.54 Å². The van der Waals surface area contributed by atoms with Crippen molar-refractivity contribution in [1.29, 1.82) is 0 Å². The number of urea groups is 1. The Morgan fingerprint density at radius 2 is 1.90 bits per heavy atom. The molecule has 9 heteroatoms. The summed E-state index contributed by atoms with van der Waals surface area (Å²) >= 11 is 0. The number of carbonyl (C=O) groups excluding carboxylic acids is 2. The molecule has 0 unspecified atom stereocenters. The molecule has 0 bridgehead atoms. The fourth-order valence-corrected chi connectivity index (χ4v) is 3.25. The molecule has 2 rings (SSSR count). The van der Waals surface area contributed by atoms with Gasteiger partial charge in [-0.2, -0.15) is 0 Å². The van der Waals surface area contributed by atoms with Crippen molar-refractivity contribution in [2.45, 2.75) is 17.9 Å². The second kappa shape index (κ2) is 6.13. The molecule has 1 aliphatic heterocycles. The molecule has 0 aliphatic carbocycles. The molecule has 1 aromatic rings. The van der Waals surface area contributed by atoms with Gasteiger partial charge in [-0.1, -0.05) is 17.7 Å². The molecule has 0 spiro atoms. The molecule has 0 radical (unpaired) electrons. The van der Waals surface area contributed by atoms with Crippen LogP contribution >= 0.6 is 0 Å². The van der Waals surface area contributed by atoms with Gasteiger partial charge >= 0.3 is 35.6 Å². The largest absolute Gasteiger partial charge is 1.00 e. The monoisotopic (exact) mass is 306 g/mol. The molecule has 102 valence electrons. The summed E-state index contributed by atoms with van der Waals surface area (Å²) in [6, 6.07) is 3.28. The topological polar surface area (TPSA) is 107 Å². The fraction of sp³-hybridized carbons (Fsp3) is 0.273. The van der Waals surface area contributed by atoms with Crippen molar-refractivity contribution in [1.82, 2.24) is 9.62 Å². The normalized spacial score (nSPS) is 18.4. The minimum absolute atomic E-state index is 0. The van der Waals surface area contributed by atoms with Crippen LogP contribution in [0.4, 0.5) is 4.79 Å².